The van der Waals surface area contributed by atoms with E-state index in [4.69, 9.17) is 15.3 Å². The summed E-state index contributed by atoms with van der Waals surface area (Å²) in [5.74, 6) is 0. The van der Waals surface area contributed by atoms with Crippen LogP contribution in [0.2, 0.25) is 0 Å². The van der Waals surface area contributed by atoms with E-state index in [1.54, 1.807) is 6.92 Å². The van der Waals surface area contributed by atoms with Crippen molar-refractivity contribution < 1.29 is 20.4 Å². The van der Waals surface area contributed by atoms with Gasteiger partial charge >= 0.3 is 0 Å². The number of hydrogen-bond donors (Lipinski definition) is 4. The topological polar surface area (TPSA) is 80.9 Å². The molecule has 0 rings (SSSR count). The summed E-state index contributed by atoms with van der Waals surface area (Å²) in [6.45, 7) is 1.33. The molecule has 0 radical (unpaired) electrons. The van der Waals surface area contributed by atoms with Gasteiger partial charge in [0, 0.05) is 0 Å². The van der Waals surface area contributed by atoms with Crippen molar-refractivity contribution in [2.45, 2.75) is 44.5 Å². The molecule has 0 aromatic heterocycles. The minimum Gasteiger partial charge on any atom is -0.394 e. The van der Waals surface area contributed by atoms with E-state index >= 15 is 0 Å². The highest BCUT2D eigenvalue weighted by molar-refractivity contribution is 4.62. The van der Waals surface area contributed by atoms with Gasteiger partial charge in [0.1, 0.15) is 0 Å². The molecule has 0 aromatic carbocycles. The van der Waals surface area contributed by atoms with Crippen LogP contribution in [0.15, 0.2) is 0 Å². The predicted octanol–water partition coefficient (Wildman–Crippen LogP) is -0.748. The molecule has 0 saturated heterocycles. The Morgan fingerprint density at radius 3 is 1.92 bits per heavy atom. The highest BCUT2D eigenvalue weighted by atomic mass is 16.3. The summed E-state index contributed by atoms with van der Waals surface area (Å²) in [7, 11) is 0. The number of hydrogen-bond acceptors (Lipinski definition) is 4. The first kappa shape index (κ1) is 11.8. The van der Waals surface area contributed by atoms with Gasteiger partial charge in [0.25, 0.3) is 0 Å². The van der Waals surface area contributed by atoms with Crippen molar-refractivity contribution in [1.29, 1.82) is 0 Å². The molecular weight excluding hydrogens is 160 g/mol. The summed E-state index contributed by atoms with van der Waals surface area (Å²) >= 11 is 0. The van der Waals surface area contributed by atoms with E-state index in [-0.39, 0.29) is 6.61 Å². The summed E-state index contributed by atoms with van der Waals surface area (Å²) < 4.78 is 0. The maximum Gasteiger partial charge on any atom is 0.0771 e. The second kappa shape index (κ2) is 6.37. The maximum atomic E-state index is 9.21. The van der Waals surface area contributed by atoms with Crippen LogP contribution in [0.3, 0.4) is 0 Å². The lowest BCUT2D eigenvalue weighted by atomic mass is 10.1. The van der Waals surface area contributed by atoms with E-state index in [1.807, 2.05) is 0 Å². The fraction of sp³-hybridized carbons (Fsp3) is 1.00. The van der Waals surface area contributed by atoms with Crippen LogP contribution in [0.1, 0.15) is 26.2 Å². The molecule has 3 unspecified atom stereocenters. The molecule has 0 aliphatic heterocycles. The Morgan fingerprint density at radius 1 is 1.00 bits per heavy atom. The Hall–Kier alpha value is -0.160. The fourth-order valence-electron chi connectivity index (χ4n) is 0.988. The van der Waals surface area contributed by atoms with Crippen molar-refractivity contribution in [2.75, 3.05) is 6.61 Å². The summed E-state index contributed by atoms with van der Waals surface area (Å²) in [6.07, 6.45) is -0.777. The minimum absolute atomic E-state index is 0.276. The Balaban J connectivity index is 3.36. The molecular formula is C8H18O4. The molecule has 4 heteroatoms. The molecule has 12 heavy (non-hydrogen) atoms. The quantitative estimate of drug-likeness (QED) is 0.431. The standard InChI is InChI=1S/C8H18O4/c1-6(10)4-7(11)2-3-8(12)5-9/h6-12H,2-5H2,1H3. The number of aliphatic hydroxyl groups is 4. The second-order valence-electron chi connectivity index (χ2n) is 3.15. The largest absolute Gasteiger partial charge is 0.394 e. The Labute approximate surface area is 72.5 Å². The molecule has 0 aliphatic rings. The van der Waals surface area contributed by atoms with Crippen LogP contribution < -0.4 is 0 Å². The number of aliphatic hydroxyl groups excluding tert-OH is 4. The van der Waals surface area contributed by atoms with Crippen molar-refractivity contribution in [1.82, 2.24) is 0 Å². The van der Waals surface area contributed by atoms with Gasteiger partial charge in [0.2, 0.25) is 0 Å². The smallest absolute Gasteiger partial charge is 0.0771 e. The summed E-state index contributed by atoms with van der Waals surface area (Å²) in [4.78, 5) is 0. The third kappa shape index (κ3) is 6.54. The lowest BCUT2D eigenvalue weighted by Gasteiger charge is -2.13. The van der Waals surface area contributed by atoms with Crippen LogP contribution in [0.5, 0.6) is 0 Å². The molecule has 0 aliphatic carbocycles. The Kier molecular flexibility index (Phi) is 6.28. The molecule has 0 aromatic rings. The van der Waals surface area contributed by atoms with Gasteiger partial charge in [-0.15, -0.1) is 0 Å². The van der Waals surface area contributed by atoms with Gasteiger partial charge in [-0.3, -0.25) is 0 Å². The Morgan fingerprint density at radius 2 is 1.50 bits per heavy atom. The van der Waals surface area contributed by atoms with Crippen LogP contribution in [0, 0.1) is 0 Å². The zero-order valence-electron chi connectivity index (χ0n) is 7.35. The molecule has 0 amide bonds. The van der Waals surface area contributed by atoms with Gasteiger partial charge < -0.3 is 20.4 Å². The van der Waals surface area contributed by atoms with Crippen LogP contribution in [-0.4, -0.2) is 45.3 Å². The van der Waals surface area contributed by atoms with Crippen LogP contribution in [0.4, 0.5) is 0 Å². The molecule has 3 atom stereocenters. The SMILES string of the molecule is CC(O)CC(O)CCC(O)CO. The van der Waals surface area contributed by atoms with Crippen LogP contribution >= 0.6 is 0 Å². The average molecular weight is 178 g/mol. The van der Waals surface area contributed by atoms with E-state index in [9.17, 15) is 5.11 Å². The molecule has 0 spiro atoms. The minimum atomic E-state index is -0.756. The third-order valence-electron chi connectivity index (χ3n) is 1.66. The summed E-state index contributed by atoms with van der Waals surface area (Å²) in [5.41, 5.74) is 0. The van der Waals surface area contributed by atoms with Crippen LogP contribution in [0.25, 0.3) is 0 Å². The first-order valence-electron chi connectivity index (χ1n) is 4.21. The number of rotatable bonds is 6. The molecule has 0 fully saturated rings. The highest BCUT2D eigenvalue weighted by Crippen LogP contribution is 2.06. The molecule has 0 saturated carbocycles. The van der Waals surface area contributed by atoms with Crippen molar-refractivity contribution in [3.05, 3.63) is 0 Å². The molecule has 4 nitrogen and oxygen atoms in total. The van der Waals surface area contributed by atoms with Crippen molar-refractivity contribution in [2.24, 2.45) is 0 Å². The first-order valence-corrected chi connectivity index (χ1v) is 4.21. The highest BCUT2D eigenvalue weighted by Gasteiger charge is 2.10. The molecule has 4 N–H and O–H groups in total. The molecule has 0 heterocycles. The maximum absolute atomic E-state index is 9.21. The average Bonchev–Trinajstić information content (AvgIpc) is 1.99. The normalized spacial score (nSPS) is 18.8. The monoisotopic (exact) mass is 178 g/mol. The van der Waals surface area contributed by atoms with Gasteiger partial charge in [-0.05, 0) is 26.2 Å². The van der Waals surface area contributed by atoms with Gasteiger partial charge in [0.05, 0.1) is 24.9 Å². The lowest BCUT2D eigenvalue weighted by Crippen LogP contribution is -2.19. The van der Waals surface area contributed by atoms with E-state index in [2.05, 4.69) is 0 Å². The zero-order chi connectivity index (χ0) is 9.56. The molecule has 74 valence electrons. The summed E-state index contributed by atoms with van der Waals surface area (Å²) in [5, 5.41) is 35.5. The zero-order valence-corrected chi connectivity index (χ0v) is 7.35. The van der Waals surface area contributed by atoms with Gasteiger partial charge in [-0.2, -0.15) is 0 Å². The fourth-order valence-corrected chi connectivity index (χ4v) is 0.988. The van der Waals surface area contributed by atoms with Gasteiger partial charge in [0.15, 0.2) is 0 Å². The molecule has 0 bridgehead atoms. The van der Waals surface area contributed by atoms with Gasteiger partial charge in [-0.25, -0.2) is 0 Å². The summed E-state index contributed by atoms with van der Waals surface area (Å²) in [6, 6.07) is 0. The second-order valence-corrected chi connectivity index (χ2v) is 3.15. The van der Waals surface area contributed by atoms with Crippen molar-refractivity contribution in [3.8, 4) is 0 Å². The predicted molar refractivity (Wildman–Crippen MR) is 44.6 cm³/mol. The van der Waals surface area contributed by atoms with E-state index in [0.29, 0.717) is 19.3 Å². The van der Waals surface area contributed by atoms with Crippen molar-refractivity contribution in [3.63, 3.8) is 0 Å². The van der Waals surface area contributed by atoms with E-state index in [1.165, 1.54) is 0 Å². The Bertz CT molecular complexity index is 105. The third-order valence-corrected chi connectivity index (χ3v) is 1.66. The van der Waals surface area contributed by atoms with Crippen molar-refractivity contribution >= 4 is 0 Å². The lowest BCUT2D eigenvalue weighted by molar-refractivity contribution is 0.0502. The first-order chi connectivity index (χ1) is 5.56. The van der Waals surface area contributed by atoms with E-state index in [0.717, 1.165) is 0 Å². The van der Waals surface area contributed by atoms with Crippen LogP contribution in [-0.2, 0) is 0 Å². The van der Waals surface area contributed by atoms with Gasteiger partial charge in [-0.1, -0.05) is 0 Å². The van der Waals surface area contributed by atoms with E-state index < -0.39 is 18.3 Å².